The van der Waals surface area contributed by atoms with Crippen LogP contribution in [-0.4, -0.2) is 21.5 Å². The minimum atomic E-state index is -0.0846. The number of H-pyrrole nitrogens is 1. The fourth-order valence-electron chi connectivity index (χ4n) is 3.68. The normalized spacial score (nSPS) is 16.2. The third-order valence-electron chi connectivity index (χ3n) is 4.89. The number of aromatic amines is 1. The van der Waals surface area contributed by atoms with Crippen molar-refractivity contribution in [2.75, 3.05) is 11.4 Å². The second-order valence-corrected chi connectivity index (χ2v) is 6.53. The van der Waals surface area contributed by atoms with Gasteiger partial charge in [-0.2, -0.15) is 5.26 Å². The third kappa shape index (κ3) is 2.46. The highest BCUT2D eigenvalue weighted by atomic mass is 16.1. The second kappa shape index (κ2) is 5.75. The van der Waals surface area contributed by atoms with Gasteiger partial charge < -0.3 is 9.88 Å². The van der Waals surface area contributed by atoms with Crippen LogP contribution in [0, 0.1) is 18.3 Å². The van der Waals surface area contributed by atoms with Gasteiger partial charge in [-0.05, 0) is 44.2 Å². The van der Waals surface area contributed by atoms with Crippen molar-refractivity contribution in [3.05, 3.63) is 50.3 Å². The standard InChI is InChI=1S/C18H19N5O/c1-11-20-16-6-7-23(10-14(16)18(24)21-11)17-13(9-19)8-12-4-2-3-5-15(12)22-17/h8H,2-7,10H2,1H3,(H,20,21,24). The Balaban J connectivity index is 1.75. The van der Waals surface area contributed by atoms with Crippen molar-refractivity contribution >= 4 is 5.82 Å². The van der Waals surface area contributed by atoms with E-state index in [1.807, 2.05) is 11.0 Å². The molecule has 0 spiro atoms. The average molecular weight is 321 g/mol. The van der Waals surface area contributed by atoms with Gasteiger partial charge in [-0.25, -0.2) is 9.97 Å². The van der Waals surface area contributed by atoms with Gasteiger partial charge in [0.15, 0.2) is 0 Å². The van der Waals surface area contributed by atoms with E-state index in [0.29, 0.717) is 35.7 Å². The van der Waals surface area contributed by atoms with Crippen LogP contribution in [0.2, 0.25) is 0 Å². The maximum absolute atomic E-state index is 12.2. The smallest absolute Gasteiger partial charge is 0.256 e. The highest BCUT2D eigenvalue weighted by molar-refractivity contribution is 5.57. The Morgan fingerprint density at radius 3 is 2.88 bits per heavy atom. The van der Waals surface area contributed by atoms with E-state index < -0.39 is 0 Å². The van der Waals surface area contributed by atoms with Crippen LogP contribution < -0.4 is 10.5 Å². The molecule has 0 bridgehead atoms. The zero-order valence-corrected chi connectivity index (χ0v) is 13.7. The number of aromatic nitrogens is 3. The molecular weight excluding hydrogens is 302 g/mol. The molecule has 0 saturated carbocycles. The first-order valence-electron chi connectivity index (χ1n) is 8.42. The van der Waals surface area contributed by atoms with Gasteiger partial charge >= 0.3 is 0 Å². The first-order valence-corrected chi connectivity index (χ1v) is 8.42. The van der Waals surface area contributed by atoms with E-state index in [-0.39, 0.29) is 5.56 Å². The Labute approximate surface area is 140 Å². The van der Waals surface area contributed by atoms with Gasteiger partial charge in [-0.15, -0.1) is 0 Å². The van der Waals surface area contributed by atoms with Crippen LogP contribution in [0.25, 0.3) is 0 Å². The Kier molecular flexibility index (Phi) is 3.57. The zero-order chi connectivity index (χ0) is 16.7. The minimum absolute atomic E-state index is 0.0846. The number of pyridine rings is 1. The molecule has 122 valence electrons. The van der Waals surface area contributed by atoms with Gasteiger partial charge in [0.25, 0.3) is 5.56 Å². The molecule has 2 aromatic rings. The largest absolute Gasteiger partial charge is 0.351 e. The van der Waals surface area contributed by atoms with Crippen molar-refractivity contribution < 1.29 is 0 Å². The van der Waals surface area contributed by atoms with E-state index in [1.165, 1.54) is 5.56 Å². The first kappa shape index (κ1) is 14.9. The molecule has 6 nitrogen and oxygen atoms in total. The van der Waals surface area contributed by atoms with Gasteiger partial charge in [0.1, 0.15) is 17.7 Å². The SMILES string of the molecule is Cc1nc2c(c(=O)[nH]1)CN(c1nc3c(cc1C#N)CCCC3)CC2. The number of anilines is 1. The summed E-state index contributed by atoms with van der Waals surface area (Å²) in [5.74, 6) is 1.36. The first-order chi connectivity index (χ1) is 11.7. The number of hydrogen-bond acceptors (Lipinski definition) is 5. The van der Waals surface area contributed by atoms with E-state index in [0.717, 1.165) is 43.6 Å². The number of aryl methyl sites for hydroxylation is 3. The van der Waals surface area contributed by atoms with Crippen LogP contribution in [0.4, 0.5) is 5.82 Å². The molecule has 0 radical (unpaired) electrons. The second-order valence-electron chi connectivity index (χ2n) is 6.53. The van der Waals surface area contributed by atoms with Gasteiger partial charge in [0.05, 0.1) is 23.4 Å². The molecule has 6 heteroatoms. The van der Waals surface area contributed by atoms with Gasteiger partial charge in [0, 0.05) is 18.7 Å². The predicted molar refractivity (Wildman–Crippen MR) is 89.9 cm³/mol. The van der Waals surface area contributed by atoms with E-state index in [4.69, 9.17) is 4.98 Å². The van der Waals surface area contributed by atoms with E-state index in [2.05, 4.69) is 16.0 Å². The summed E-state index contributed by atoms with van der Waals surface area (Å²) in [6.07, 6.45) is 4.99. The lowest BCUT2D eigenvalue weighted by Crippen LogP contribution is -2.37. The summed E-state index contributed by atoms with van der Waals surface area (Å²) in [6, 6.07) is 4.28. The van der Waals surface area contributed by atoms with Crippen molar-refractivity contribution in [1.82, 2.24) is 15.0 Å². The lowest BCUT2D eigenvalue weighted by molar-refractivity contribution is 0.651. The molecule has 2 aromatic heterocycles. The van der Waals surface area contributed by atoms with Crippen LogP contribution in [-0.2, 0) is 25.8 Å². The topological polar surface area (TPSA) is 85.7 Å². The fraction of sp³-hybridized carbons (Fsp3) is 0.444. The Hall–Kier alpha value is -2.68. The number of nitrogens with one attached hydrogen (secondary N) is 1. The fourth-order valence-corrected chi connectivity index (χ4v) is 3.68. The highest BCUT2D eigenvalue weighted by Crippen LogP contribution is 2.28. The summed E-state index contributed by atoms with van der Waals surface area (Å²) in [5, 5.41) is 9.54. The molecule has 3 heterocycles. The summed E-state index contributed by atoms with van der Waals surface area (Å²) < 4.78 is 0. The molecule has 0 amide bonds. The number of nitriles is 1. The Morgan fingerprint density at radius 2 is 2.04 bits per heavy atom. The van der Waals surface area contributed by atoms with Crippen molar-refractivity contribution in [2.45, 2.75) is 45.6 Å². The lowest BCUT2D eigenvalue weighted by Gasteiger charge is -2.30. The van der Waals surface area contributed by atoms with Crippen LogP contribution >= 0.6 is 0 Å². The maximum atomic E-state index is 12.2. The van der Waals surface area contributed by atoms with Gasteiger partial charge in [0.2, 0.25) is 0 Å². The molecule has 0 atom stereocenters. The van der Waals surface area contributed by atoms with Crippen LogP contribution in [0.1, 0.15) is 46.7 Å². The monoisotopic (exact) mass is 321 g/mol. The van der Waals surface area contributed by atoms with E-state index in [9.17, 15) is 10.1 Å². The summed E-state index contributed by atoms with van der Waals surface area (Å²) in [4.78, 5) is 26.3. The molecular formula is C18H19N5O. The molecule has 4 rings (SSSR count). The number of fused-ring (bicyclic) bond motifs is 2. The number of rotatable bonds is 1. The molecule has 0 aromatic carbocycles. The van der Waals surface area contributed by atoms with Crippen LogP contribution in [0.5, 0.6) is 0 Å². The van der Waals surface area contributed by atoms with Crippen molar-refractivity contribution in [3.63, 3.8) is 0 Å². The van der Waals surface area contributed by atoms with Gasteiger partial charge in [-0.3, -0.25) is 4.79 Å². The summed E-state index contributed by atoms with van der Waals surface area (Å²) in [7, 11) is 0. The zero-order valence-electron chi connectivity index (χ0n) is 13.7. The average Bonchev–Trinajstić information content (AvgIpc) is 2.60. The summed E-state index contributed by atoms with van der Waals surface area (Å²) >= 11 is 0. The van der Waals surface area contributed by atoms with Crippen LogP contribution in [0.15, 0.2) is 10.9 Å². The number of nitrogens with zero attached hydrogens (tertiary/aromatic N) is 4. The van der Waals surface area contributed by atoms with Crippen LogP contribution in [0.3, 0.4) is 0 Å². The molecule has 1 N–H and O–H groups in total. The molecule has 2 aliphatic rings. The minimum Gasteiger partial charge on any atom is -0.351 e. The van der Waals surface area contributed by atoms with Crippen molar-refractivity contribution in [3.8, 4) is 6.07 Å². The summed E-state index contributed by atoms with van der Waals surface area (Å²) in [5.41, 5.74) is 4.39. The Bertz CT molecular complexity index is 909. The molecule has 0 saturated heterocycles. The molecule has 1 aliphatic heterocycles. The van der Waals surface area contributed by atoms with E-state index >= 15 is 0 Å². The molecule has 0 fully saturated rings. The molecule has 1 aliphatic carbocycles. The number of hydrogen-bond donors (Lipinski definition) is 1. The lowest BCUT2D eigenvalue weighted by atomic mass is 9.94. The quantitative estimate of drug-likeness (QED) is 0.865. The van der Waals surface area contributed by atoms with Gasteiger partial charge in [-0.1, -0.05) is 0 Å². The van der Waals surface area contributed by atoms with E-state index in [1.54, 1.807) is 6.92 Å². The predicted octanol–water partition coefficient (Wildman–Crippen LogP) is 1.79. The maximum Gasteiger partial charge on any atom is 0.256 e. The Morgan fingerprint density at radius 1 is 1.21 bits per heavy atom. The van der Waals surface area contributed by atoms with Crippen molar-refractivity contribution in [2.24, 2.45) is 0 Å². The summed E-state index contributed by atoms with van der Waals surface area (Å²) in [6.45, 7) is 2.98. The van der Waals surface area contributed by atoms with Crippen molar-refractivity contribution in [1.29, 1.82) is 5.26 Å². The molecule has 24 heavy (non-hydrogen) atoms. The highest BCUT2D eigenvalue weighted by Gasteiger charge is 2.25. The third-order valence-corrected chi connectivity index (χ3v) is 4.89. The molecule has 0 unspecified atom stereocenters.